The van der Waals surface area contributed by atoms with Gasteiger partial charge in [-0.15, -0.1) is 0 Å². The van der Waals surface area contributed by atoms with Crippen LogP contribution in [0.25, 0.3) is 0 Å². The molecule has 106 valence electrons. The van der Waals surface area contributed by atoms with E-state index >= 15 is 0 Å². The van der Waals surface area contributed by atoms with Gasteiger partial charge in [0.15, 0.2) is 0 Å². The number of ether oxygens (including phenoxy) is 1. The minimum atomic E-state index is -0.127. The Morgan fingerprint density at radius 2 is 2.00 bits per heavy atom. The Labute approximate surface area is 122 Å². The molecule has 2 aliphatic rings. The van der Waals surface area contributed by atoms with E-state index in [0.717, 1.165) is 6.61 Å². The normalized spacial score (nSPS) is 22.1. The molecule has 0 aromatic heterocycles. The lowest BCUT2D eigenvalue weighted by Crippen LogP contribution is -2.53. The summed E-state index contributed by atoms with van der Waals surface area (Å²) < 4.78 is 5.13. The molecule has 1 unspecified atom stereocenters. The molecule has 2 aliphatic heterocycles. The smallest absolute Gasteiger partial charge is 0.254 e. The average molecular weight is 295 g/mol. The van der Waals surface area contributed by atoms with E-state index in [0.29, 0.717) is 30.2 Å². The zero-order chi connectivity index (χ0) is 14.1. The van der Waals surface area contributed by atoms with Crippen LogP contribution in [0.1, 0.15) is 10.4 Å². The third-order valence-corrected chi connectivity index (χ3v) is 3.78. The molecule has 0 saturated carbocycles. The molecule has 0 aliphatic carbocycles. The van der Waals surface area contributed by atoms with Crippen molar-refractivity contribution in [2.45, 2.75) is 6.10 Å². The van der Waals surface area contributed by atoms with Crippen molar-refractivity contribution in [2.75, 3.05) is 32.8 Å². The number of hydrogen-bond acceptors (Lipinski definition) is 3. The summed E-state index contributed by atoms with van der Waals surface area (Å²) >= 11 is 5.80. The maximum absolute atomic E-state index is 12.3. The third-order valence-electron chi connectivity index (χ3n) is 3.52. The molecule has 6 heteroatoms. The van der Waals surface area contributed by atoms with Crippen molar-refractivity contribution in [3.05, 3.63) is 34.9 Å². The maximum atomic E-state index is 12.3. The Morgan fingerprint density at radius 1 is 1.30 bits per heavy atom. The molecule has 2 amide bonds. The first-order chi connectivity index (χ1) is 9.63. The minimum absolute atomic E-state index is 0.0194. The standard InChI is InChI=1S/C14H15ClN2O3/c15-11-3-1-10(2-4-11)14(19)17-6-5-16(13(18)8-17)7-12-9-20-12/h1-4,12H,5-9H2. The molecular formula is C14H15ClN2O3. The van der Waals surface area contributed by atoms with Gasteiger partial charge in [-0.1, -0.05) is 11.6 Å². The van der Waals surface area contributed by atoms with Crippen molar-refractivity contribution in [3.8, 4) is 0 Å². The average Bonchev–Trinajstić information content (AvgIpc) is 3.25. The van der Waals surface area contributed by atoms with Crippen molar-refractivity contribution in [3.63, 3.8) is 0 Å². The van der Waals surface area contributed by atoms with Gasteiger partial charge in [-0.25, -0.2) is 0 Å². The van der Waals surface area contributed by atoms with Gasteiger partial charge in [0.25, 0.3) is 5.91 Å². The van der Waals surface area contributed by atoms with E-state index in [4.69, 9.17) is 16.3 Å². The number of hydrogen-bond donors (Lipinski definition) is 0. The number of amides is 2. The third kappa shape index (κ3) is 2.94. The zero-order valence-corrected chi connectivity index (χ0v) is 11.7. The van der Waals surface area contributed by atoms with Crippen LogP contribution in [0.2, 0.25) is 5.02 Å². The van der Waals surface area contributed by atoms with Crippen molar-refractivity contribution in [1.29, 1.82) is 0 Å². The zero-order valence-electron chi connectivity index (χ0n) is 10.9. The molecule has 0 N–H and O–H groups in total. The molecule has 2 saturated heterocycles. The van der Waals surface area contributed by atoms with Crippen molar-refractivity contribution < 1.29 is 14.3 Å². The fourth-order valence-electron chi connectivity index (χ4n) is 2.27. The van der Waals surface area contributed by atoms with Gasteiger partial charge in [-0.05, 0) is 24.3 Å². The maximum Gasteiger partial charge on any atom is 0.254 e. The van der Waals surface area contributed by atoms with Crippen molar-refractivity contribution >= 4 is 23.4 Å². The van der Waals surface area contributed by atoms with E-state index in [2.05, 4.69) is 0 Å². The summed E-state index contributed by atoms with van der Waals surface area (Å²) in [7, 11) is 0. The first-order valence-corrected chi connectivity index (χ1v) is 6.95. The quantitative estimate of drug-likeness (QED) is 0.782. The summed E-state index contributed by atoms with van der Waals surface area (Å²) in [6.07, 6.45) is 0.192. The summed E-state index contributed by atoms with van der Waals surface area (Å²) in [5, 5.41) is 0.590. The second-order valence-electron chi connectivity index (χ2n) is 5.03. The number of carbonyl (C=O) groups excluding carboxylic acids is 2. The molecular weight excluding hydrogens is 280 g/mol. The van der Waals surface area contributed by atoms with Crippen LogP contribution in [0.5, 0.6) is 0 Å². The number of carbonyl (C=O) groups is 2. The highest BCUT2D eigenvalue weighted by atomic mass is 35.5. The first kappa shape index (κ1) is 13.4. The molecule has 2 heterocycles. The van der Waals surface area contributed by atoms with Gasteiger partial charge in [0.1, 0.15) is 6.54 Å². The van der Waals surface area contributed by atoms with Gasteiger partial charge < -0.3 is 14.5 Å². The number of halogens is 1. The Hall–Kier alpha value is -1.59. The summed E-state index contributed by atoms with van der Waals surface area (Å²) in [6, 6.07) is 6.72. The van der Waals surface area contributed by atoms with E-state index < -0.39 is 0 Å². The van der Waals surface area contributed by atoms with E-state index in [1.807, 2.05) is 0 Å². The van der Waals surface area contributed by atoms with Crippen LogP contribution in [0.3, 0.4) is 0 Å². The monoisotopic (exact) mass is 294 g/mol. The number of epoxide rings is 1. The van der Waals surface area contributed by atoms with E-state index in [1.54, 1.807) is 34.1 Å². The highest BCUT2D eigenvalue weighted by Gasteiger charge is 2.32. The topological polar surface area (TPSA) is 53.2 Å². The Morgan fingerprint density at radius 3 is 2.60 bits per heavy atom. The van der Waals surface area contributed by atoms with Crippen LogP contribution < -0.4 is 0 Å². The molecule has 20 heavy (non-hydrogen) atoms. The van der Waals surface area contributed by atoms with Crippen LogP contribution in [0, 0.1) is 0 Å². The lowest BCUT2D eigenvalue weighted by Gasteiger charge is -2.34. The molecule has 3 rings (SSSR count). The predicted molar refractivity (Wildman–Crippen MR) is 73.7 cm³/mol. The van der Waals surface area contributed by atoms with Gasteiger partial charge in [-0.3, -0.25) is 9.59 Å². The van der Waals surface area contributed by atoms with Crippen molar-refractivity contribution in [2.24, 2.45) is 0 Å². The lowest BCUT2D eigenvalue weighted by molar-refractivity contribution is -0.135. The van der Waals surface area contributed by atoms with Crippen LogP contribution >= 0.6 is 11.6 Å². The Balaban J connectivity index is 1.62. The van der Waals surface area contributed by atoms with Gasteiger partial charge in [-0.2, -0.15) is 0 Å². The molecule has 0 bridgehead atoms. The first-order valence-electron chi connectivity index (χ1n) is 6.58. The molecule has 5 nitrogen and oxygen atoms in total. The molecule has 0 spiro atoms. The van der Waals surface area contributed by atoms with Crippen molar-refractivity contribution in [1.82, 2.24) is 9.80 Å². The molecule has 1 atom stereocenters. The molecule has 2 fully saturated rings. The van der Waals surface area contributed by atoms with Gasteiger partial charge in [0.2, 0.25) is 5.91 Å². The molecule has 0 radical (unpaired) electrons. The summed E-state index contributed by atoms with van der Waals surface area (Å²) in [6.45, 7) is 2.63. The highest BCUT2D eigenvalue weighted by Crippen LogP contribution is 2.16. The van der Waals surface area contributed by atoms with E-state index in [9.17, 15) is 9.59 Å². The van der Waals surface area contributed by atoms with Crippen LogP contribution in [0.4, 0.5) is 0 Å². The predicted octanol–water partition coefficient (Wildman–Crippen LogP) is 1.02. The lowest BCUT2D eigenvalue weighted by atomic mass is 10.2. The fraction of sp³-hybridized carbons (Fsp3) is 0.429. The van der Waals surface area contributed by atoms with Gasteiger partial charge in [0.05, 0.1) is 12.7 Å². The largest absolute Gasteiger partial charge is 0.371 e. The number of benzene rings is 1. The highest BCUT2D eigenvalue weighted by molar-refractivity contribution is 6.30. The van der Waals surface area contributed by atoms with Crippen LogP contribution in [-0.4, -0.2) is 60.5 Å². The second-order valence-corrected chi connectivity index (χ2v) is 5.47. The molecule has 1 aromatic carbocycles. The second kappa shape index (κ2) is 5.42. The summed E-state index contributed by atoms with van der Waals surface area (Å²) in [4.78, 5) is 27.6. The Kier molecular flexibility index (Phi) is 3.63. The van der Waals surface area contributed by atoms with Crippen LogP contribution in [-0.2, 0) is 9.53 Å². The Bertz CT molecular complexity index is 528. The minimum Gasteiger partial charge on any atom is -0.371 e. The summed E-state index contributed by atoms with van der Waals surface area (Å²) in [5.74, 6) is -0.147. The summed E-state index contributed by atoms with van der Waals surface area (Å²) in [5.41, 5.74) is 0.557. The van der Waals surface area contributed by atoms with E-state index in [-0.39, 0.29) is 24.5 Å². The SMILES string of the molecule is O=C1CN(C(=O)c2ccc(Cl)cc2)CCN1CC1CO1. The van der Waals surface area contributed by atoms with Gasteiger partial charge >= 0.3 is 0 Å². The van der Waals surface area contributed by atoms with E-state index in [1.165, 1.54) is 0 Å². The number of nitrogens with zero attached hydrogens (tertiary/aromatic N) is 2. The fourth-order valence-corrected chi connectivity index (χ4v) is 2.40. The number of piperazine rings is 1. The molecule has 1 aromatic rings. The number of rotatable bonds is 3. The van der Waals surface area contributed by atoms with Crippen LogP contribution in [0.15, 0.2) is 24.3 Å². The van der Waals surface area contributed by atoms with Gasteiger partial charge in [0, 0.05) is 30.2 Å².